The van der Waals surface area contributed by atoms with Crippen LogP contribution in [0, 0.1) is 0 Å². The molecule has 0 radical (unpaired) electrons. The van der Waals surface area contributed by atoms with Crippen molar-refractivity contribution in [2.75, 3.05) is 5.52 Å². The van der Waals surface area contributed by atoms with Gasteiger partial charge in [0, 0.05) is 11.1 Å². The minimum absolute atomic E-state index is 0.0884. The van der Waals surface area contributed by atoms with Gasteiger partial charge in [0.1, 0.15) is 17.4 Å². The molecule has 1 atom stereocenters. The van der Waals surface area contributed by atoms with Gasteiger partial charge in [-0.1, -0.05) is 30.3 Å². The van der Waals surface area contributed by atoms with Crippen LogP contribution in [0.5, 0.6) is 5.75 Å². The second-order valence-electron chi connectivity index (χ2n) is 4.89. The lowest BCUT2D eigenvalue weighted by Crippen LogP contribution is -2.08. The number of ether oxygens (including phenoxy) is 2. The lowest BCUT2D eigenvalue weighted by atomic mass is 9.98. The Hall–Kier alpha value is -2.14. The summed E-state index contributed by atoms with van der Waals surface area (Å²) in [4.78, 5) is 24.2. The summed E-state index contributed by atoms with van der Waals surface area (Å²) in [6.07, 6.45) is -0.391. The highest BCUT2D eigenvalue weighted by Gasteiger charge is 2.32. The van der Waals surface area contributed by atoms with Gasteiger partial charge >= 0.3 is 5.97 Å². The lowest BCUT2D eigenvalue weighted by molar-refractivity contribution is 0.0367. The van der Waals surface area contributed by atoms with Crippen LogP contribution in [0.15, 0.2) is 48.5 Å². The van der Waals surface area contributed by atoms with Gasteiger partial charge in [-0.25, -0.2) is 4.79 Å². The highest BCUT2D eigenvalue weighted by molar-refractivity contribution is 9.09. The Morgan fingerprint density at radius 3 is 2.82 bits per heavy atom. The van der Waals surface area contributed by atoms with E-state index in [0.717, 1.165) is 5.56 Å². The van der Waals surface area contributed by atoms with Crippen LogP contribution in [0.1, 0.15) is 38.8 Å². The first-order valence-corrected chi connectivity index (χ1v) is 7.93. The van der Waals surface area contributed by atoms with Crippen molar-refractivity contribution in [1.82, 2.24) is 0 Å². The summed E-state index contributed by atoms with van der Waals surface area (Å²) in [5, 5.41) is 0. The molecule has 0 saturated carbocycles. The molecular weight excluding hydrogens is 348 g/mol. The fraction of sp³-hybridized carbons (Fsp3) is 0.176. The summed E-state index contributed by atoms with van der Waals surface area (Å²) in [6.45, 7) is 0. The molecule has 0 N–H and O–H groups in total. The van der Waals surface area contributed by atoms with Crippen molar-refractivity contribution in [3.63, 3.8) is 0 Å². The van der Waals surface area contributed by atoms with E-state index < -0.39 is 6.10 Å². The number of esters is 1. The van der Waals surface area contributed by atoms with E-state index in [4.69, 9.17) is 9.47 Å². The van der Waals surface area contributed by atoms with E-state index in [1.165, 1.54) is 0 Å². The van der Waals surface area contributed by atoms with Gasteiger partial charge < -0.3 is 9.47 Å². The van der Waals surface area contributed by atoms with Crippen LogP contribution in [-0.4, -0.2) is 17.3 Å². The van der Waals surface area contributed by atoms with Gasteiger partial charge in [0.05, 0.1) is 12.0 Å². The Labute approximate surface area is 136 Å². The van der Waals surface area contributed by atoms with Crippen LogP contribution in [-0.2, 0) is 4.74 Å². The SMILES string of the molecule is O=C(CC1OC(=O)c2ccccc21)c1cccc(OCBr)c1. The number of halogens is 1. The Morgan fingerprint density at radius 1 is 1.18 bits per heavy atom. The van der Waals surface area contributed by atoms with Crippen LogP contribution < -0.4 is 4.74 Å². The zero-order valence-corrected chi connectivity index (χ0v) is 13.2. The summed E-state index contributed by atoms with van der Waals surface area (Å²) in [6, 6.07) is 14.1. The number of carbonyl (C=O) groups excluding carboxylic acids is 2. The molecule has 1 unspecified atom stereocenters. The lowest BCUT2D eigenvalue weighted by Gasteiger charge is -2.10. The van der Waals surface area contributed by atoms with E-state index in [2.05, 4.69) is 15.9 Å². The Morgan fingerprint density at radius 2 is 2.00 bits per heavy atom. The average Bonchev–Trinajstić information content (AvgIpc) is 2.85. The monoisotopic (exact) mass is 360 g/mol. The van der Waals surface area contributed by atoms with Crippen molar-refractivity contribution >= 4 is 27.7 Å². The number of ketones is 1. The van der Waals surface area contributed by atoms with Crippen molar-refractivity contribution < 1.29 is 19.1 Å². The van der Waals surface area contributed by atoms with E-state index in [-0.39, 0.29) is 18.2 Å². The molecule has 1 aliphatic rings. The second kappa shape index (κ2) is 6.32. The largest absolute Gasteiger partial charge is 0.482 e. The van der Waals surface area contributed by atoms with Gasteiger partial charge in [0.15, 0.2) is 5.78 Å². The first-order chi connectivity index (χ1) is 10.7. The average molecular weight is 361 g/mol. The number of fused-ring (bicyclic) bond motifs is 1. The quantitative estimate of drug-likeness (QED) is 0.461. The highest BCUT2D eigenvalue weighted by atomic mass is 79.9. The van der Waals surface area contributed by atoms with Crippen LogP contribution in [0.4, 0.5) is 0 Å². The molecule has 0 bridgehead atoms. The van der Waals surface area contributed by atoms with Gasteiger partial charge in [-0.3, -0.25) is 4.79 Å². The Balaban J connectivity index is 1.78. The van der Waals surface area contributed by atoms with Crippen molar-refractivity contribution in [1.29, 1.82) is 0 Å². The molecular formula is C17H13BrO4. The van der Waals surface area contributed by atoms with Crippen molar-refractivity contribution in [3.05, 3.63) is 65.2 Å². The molecule has 4 nitrogen and oxygen atoms in total. The minimum atomic E-state index is -0.517. The summed E-state index contributed by atoms with van der Waals surface area (Å²) in [5.41, 5.74) is 2.21. The topological polar surface area (TPSA) is 52.6 Å². The Kier molecular flexibility index (Phi) is 4.24. The number of hydrogen-bond acceptors (Lipinski definition) is 4. The number of alkyl halides is 1. The van der Waals surface area contributed by atoms with E-state index >= 15 is 0 Å². The zero-order chi connectivity index (χ0) is 15.5. The summed E-state index contributed by atoms with van der Waals surface area (Å²) in [7, 11) is 0. The molecule has 0 saturated heterocycles. The molecule has 0 fully saturated rings. The van der Waals surface area contributed by atoms with Gasteiger partial charge in [-0.05, 0) is 34.1 Å². The second-order valence-corrected chi connectivity index (χ2v) is 5.35. The van der Waals surface area contributed by atoms with E-state index in [1.54, 1.807) is 36.4 Å². The molecule has 0 spiro atoms. The molecule has 3 rings (SSSR count). The van der Waals surface area contributed by atoms with Gasteiger partial charge in [0.2, 0.25) is 0 Å². The van der Waals surface area contributed by atoms with Crippen molar-refractivity contribution in [2.45, 2.75) is 12.5 Å². The maximum atomic E-state index is 12.4. The van der Waals surface area contributed by atoms with Gasteiger partial charge in [-0.2, -0.15) is 0 Å². The molecule has 0 aromatic heterocycles. The molecule has 1 heterocycles. The number of cyclic esters (lactones) is 1. The van der Waals surface area contributed by atoms with Crippen LogP contribution >= 0.6 is 15.9 Å². The third-order valence-electron chi connectivity index (χ3n) is 3.52. The molecule has 22 heavy (non-hydrogen) atoms. The highest BCUT2D eigenvalue weighted by Crippen LogP contribution is 2.33. The number of carbonyl (C=O) groups is 2. The molecule has 5 heteroatoms. The van der Waals surface area contributed by atoms with E-state index in [1.807, 2.05) is 12.1 Å². The molecule has 2 aromatic carbocycles. The predicted molar refractivity (Wildman–Crippen MR) is 84.4 cm³/mol. The predicted octanol–water partition coefficient (Wildman–Crippen LogP) is 3.90. The number of Topliss-reactive ketones (excluding diaryl/α,β-unsaturated/α-hetero) is 1. The van der Waals surface area contributed by atoms with E-state index in [0.29, 0.717) is 22.4 Å². The summed E-state index contributed by atoms with van der Waals surface area (Å²) in [5.74, 6) is 0.158. The maximum Gasteiger partial charge on any atom is 0.339 e. The zero-order valence-electron chi connectivity index (χ0n) is 11.6. The van der Waals surface area contributed by atoms with Crippen LogP contribution in [0.25, 0.3) is 0 Å². The molecule has 1 aliphatic heterocycles. The van der Waals surface area contributed by atoms with Crippen molar-refractivity contribution in [3.8, 4) is 5.75 Å². The van der Waals surface area contributed by atoms with Crippen LogP contribution in [0.3, 0.4) is 0 Å². The number of rotatable bonds is 5. The third-order valence-corrected chi connectivity index (χ3v) is 3.75. The summed E-state index contributed by atoms with van der Waals surface area (Å²) < 4.78 is 10.6. The van der Waals surface area contributed by atoms with E-state index in [9.17, 15) is 9.59 Å². The molecule has 0 amide bonds. The standard InChI is InChI=1S/C17H13BrO4/c18-10-21-12-5-3-4-11(8-12)15(19)9-16-13-6-1-2-7-14(13)17(20)22-16/h1-8,16H,9-10H2. The van der Waals surface area contributed by atoms with Crippen molar-refractivity contribution in [2.24, 2.45) is 0 Å². The van der Waals surface area contributed by atoms with Gasteiger partial charge in [0.25, 0.3) is 0 Å². The maximum absolute atomic E-state index is 12.4. The first kappa shape index (κ1) is 14.8. The smallest absolute Gasteiger partial charge is 0.339 e. The fourth-order valence-electron chi connectivity index (χ4n) is 2.48. The fourth-order valence-corrected chi connectivity index (χ4v) is 2.74. The Bertz CT molecular complexity index is 726. The molecule has 0 aliphatic carbocycles. The summed E-state index contributed by atoms with van der Waals surface area (Å²) >= 11 is 3.18. The molecule has 112 valence electrons. The number of hydrogen-bond donors (Lipinski definition) is 0. The molecule has 2 aromatic rings. The van der Waals surface area contributed by atoms with Gasteiger partial charge in [-0.15, -0.1) is 0 Å². The minimum Gasteiger partial charge on any atom is -0.482 e. The third kappa shape index (κ3) is 2.90. The first-order valence-electron chi connectivity index (χ1n) is 6.81. The normalized spacial score (nSPS) is 16.0. The number of benzene rings is 2. The van der Waals surface area contributed by atoms with Crippen LogP contribution in [0.2, 0.25) is 0 Å².